The number of amides is 1. The molecule has 1 amide bonds. The lowest BCUT2D eigenvalue weighted by Crippen LogP contribution is -2.22. The minimum Gasteiger partial charge on any atom is -0.481 e. The number of carboxylic acid groups (broad SMARTS) is 1. The molecule has 8 nitrogen and oxygen atoms in total. The summed E-state index contributed by atoms with van der Waals surface area (Å²) in [6, 6.07) is 18.3. The predicted molar refractivity (Wildman–Crippen MR) is 123 cm³/mol. The van der Waals surface area contributed by atoms with Gasteiger partial charge in [0.1, 0.15) is 5.69 Å². The van der Waals surface area contributed by atoms with E-state index in [1.165, 1.54) is 0 Å². The van der Waals surface area contributed by atoms with Crippen LogP contribution >= 0.6 is 0 Å². The van der Waals surface area contributed by atoms with Gasteiger partial charge in [0.15, 0.2) is 0 Å². The number of carbonyl (C=O) groups excluding carboxylic acids is 1. The minimum atomic E-state index is -0.881. The van der Waals surface area contributed by atoms with Crippen molar-refractivity contribution < 1.29 is 19.4 Å². The number of pyridine rings is 1. The van der Waals surface area contributed by atoms with E-state index in [1.54, 1.807) is 30.6 Å². The Hall–Kier alpha value is -4.33. The third kappa shape index (κ3) is 5.68. The molecule has 4 aromatic rings. The van der Waals surface area contributed by atoms with E-state index in [-0.39, 0.29) is 18.9 Å². The molecule has 166 valence electrons. The Morgan fingerprint density at radius 3 is 2.58 bits per heavy atom. The molecule has 0 aliphatic carbocycles. The van der Waals surface area contributed by atoms with Gasteiger partial charge >= 0.3 is 5.97 Å². The molecule has 0 unspecified atom stereocenters. The van der Waals surface area contributed by atoms with E-state index in [4.69, 9.17) is 14.8 Å². The maximum absolute atomic E-state index is 12.6. The van der Waals surface area contributed by atoms with Crippen molar-refractivity contribution in [3.63, 3.8) is 0 Å². The van der Waals surface area contributed by atoms with Crippen LogP contribution in [0.25, 0.3) is 22.3 Å². The highest BCUT2D eigenvalue weighted by molar-refractivity contribution is 5.97. The Balaban J connectivity index is 1.60. The first kappa shape index (κ1) is 21.9. The maximum atomic E-state index is 12.6. The number of carboxylic acids is 1. The molecule has 33 heavy (non-hydrogen) atoms. The summed E-state index contributed by atoms with van der Waals surface area (Å²) in [6.45, 7) is 0.554. The second kappa shape index (κ2) is 10.3. The van der Waals surface area contributed by atoms with E-state index in [1.807, 2.05) is 42.5 Å². The Kier molecular flexibility index (Phi) is 6.84. The summed E-state index contributed by atoms with van der Waals surface area (Å²) in [7, 11) is 0. The molecule has 8 heteroatoms. The Bertz CT molecular complexity index is 1260. The maximum Gasteiger partial charge on any atom is 0.303 e. The molecule has 0 atom stereocenters. The van der Waals surface area contributed by atoms with Gasteiger partial charge < -0.3 is 15.2 Å². The van der Waals surface area contributed by atoms with Crippen LogP contribution < -0.4 is 10.1 Å². The number of hydrogen-bond acceptors (Lipinski definition) is 6. The van der Waals surface area contributed by atoms with Gasteiger partial charge in [0.25, 0.3) is 5.91 Å². The summed E-state index contributed by atoms with van der Waals surface area (Å²) in [5, 5.41) is 11.7. The predicted octanol–water partition coefficient (Wildman–Crippen LogP) is 3.87. The smallest absolute Gasteiger partial charge is 0.303 e. The molecular formula is C25H22N4O4. The van der Waals surface area contributed by atoms with E-state index in [0.717, 1.165) is 11.1 Å². The molecule has 0 fully saturated rings. The lowest BCUT2D eigenvalue weighted by Gasteiger charge is -2.12. The fraction of sp³-hybridized carbons (Fsp3) is 0.160. The van der Waals surface area contributed by atoms with E-state index < -0.39 is 5.97 Å². The molecule has 2 aromatic carbocycles. The van der Waals surface area contributed by atoms with E-state index in [2.05, 4.69) is 15.3 Å². The molecule has 0 aliphatic rings. The van der Waals surface area contributed by atoms with E-state index in [0.29, 0.717) is 41.1 Å². The summed E-state index contributed by atoms with van der Waals surface area (Å²) >= 11 is 0. The zero-order chi connectivity index (χ0) is 23.0. The molecule has 2 heterocycles. The van der Waals surface area contributed by atoms with Crippen LogP contribution in [0.1, 0.15) is 28.8 Å². The van der Waals surface area contributed by atoms with Gasteiger partial charge in [-0.15, -0.1) is 0 Å². The molecule has 2 N–H and O–H groups in total. The van der Waals surface area contributed by atoms with Crippen molar-refractivity contribution in [1.29, 1.82) is 0 Å². The van der Waals surface area contributed by atoms with Crippen molar-refractivity contribution >= 4 is 22.9 Å². The SMILES string of the molecule is O=C(O)CCCOc1nc2cc(C(=O)NCc3cccnc3)ccc2nc1-c1ccccc1. The Morgan fingerprint density at radius 1 is 0.970 bits per heavy atom. The summed E-state index contributed by atoms with van der Waals surface area (Å²) in [6.07, 6.45) is 3.73. The summed E-state index contributed by atoms with van der Waals surface area (Å²) in [5.74, 6) is -0.820. The van der Waals surface area contributed by atoms with Crippen molar-refractivity contribution in [2.75, 3.05) is 6.61 Å². The van der Waals surface area contributed by atoms with Crippen LogP contribution in [-0.4, -0.2) is 38.5 Å². The van der Waals surface area contributed by atoms with Gasteiger partial charge in [-0.2, -0.15) is 0 Å². The first-order valence-corrected chi connectivity index (χ1v) is 10.5. The molecular weight excluding hydrogens is 420 g/mol. The second-order valence-electron chi connectivity index (χ2n) is 7.34. The second-order valence-corrected chi connectivity index (χ2v) is 7.34. The fourth-order valence-corrected chi connectivity index (χ4v) is 3.24. The molecule has 0 saturated carbocycles. The number of hydrogen-bond donors (Lipinski definition) is 2. The molecule has 0 radical (unpaired) electrons. The van der Waals surface area contributed by atoms with Crippen LogP contribution in [0.2, 0.25) is 0 Å². The molecule has 0 saturated heterocycles. The van der Waals surface area contributed by atoms with Gasteiger partial charge in [-0.05, 0) is 36.2 Å². The van der Waals surface area contributed by atoms with Gasteiger partial charge in [-0.1, -0.05) is 36.4 Å². The fourth-order valence-electron chi connectivity index (χ4n) is 3.24. The number of aromatic nitrogens is 3. The molecule has 0 aliphatic heterocycles. The van der Waals surface area contributed by atoms with Gasteiger partial charge in [0, 0.05) is 36.5 Å². The largest absolute Gasteiger partial charge is 0.481 e. The number of nitrogens with zero attached hydrogens (tertiary/aromatic N) is 3. The lowest BCUT2D eigenvalue weighted by molar-refractivity contribution is -0.137. The van der Waals surface area contributed by atoms with Gasteiger partial charge in [-0.25, -0.2) is 9.97 Å². The number of rotatable bonds is 9. The number of nitrogens with one attached hydrogen (secondary N) is 1. The highest BCUT2D eigenvalue weighted by Crippen LogP contribution is 2.29. The van der Waals surface area contributed by atoms with Crippen molar-refractivity contribution in [2.24, 2.45) is 0 Å². The normalized spacial score (nSPS) is 10.7. The van der Waals surface area contributed by atoms with Gasteiger partial charge in [-0.3, -0.25) is 14.6 Å². The highest BCUT2D eigenvalue weighted by Gasteiger charge is 2.15. The zero-order valence-electron chi connectivity index (χ0n) is 17.8. The van der Waals surface area contributed by atoms with Crippen molar-refractivity contribution in [2.45, 2.75) is 19.4 Å². The summed E-state index contributed by atoms with van der Waals surface area (Å²) in [5.41, 5.74) is 3.87. The summed E-state index contributed by atoms with van der Waals surface area (Å²) < 4.78 is 5.81. The van der Waals surface area contributed by atoms with Gasteiger partial charge in [0.2, 0.25) is 5.88 Å². The average molecular weight is 442 g/mol. The standard InChI is InChI=1S/C25H22N4O4/c30-22(31)9-5-13-33-25-23(18-7-2-1-3-8-18)28-20-11-10-19(14-21(20)29-25)24(32)27-16-17-6-4-12-26-15-17/h1-4,6-8,10-12,14-15H,5,9,13,16H2,(H,27,32)(H,30,31). The molecule has 4 rings (SSSR count). The number of carbonyl (C=O) groups is 2. The van der Waals surface area contributed by atoms with Crippen molar-refractivity contribution in [3.8, 4) is 17.1 Å². The third-order valence-corrected chi connectivity index (χ3v) is 4.89. The van der Waals surface area contributed by atoms with Crippen LogP contribution in [-0.2, 0) is 11.3 Å². The quantitative estimate of drug-likeness (QED) is 0.378. The monoisotopic (exact) mass is 442 g/mol. The summed E-state index contributed by atoms with van der Waals surface area (Å²) in [4.78, 5) is 36.8. The highest BCUT2D eigenvalue weighted by atomic mass is 16.5. The van der Waals surface area contributed by atoms with Crippen LogP contribution in [0.15, 0.2) is 73.1 Å². The Labute approximate surface area is 190 Å². The van der Waals surface area contributed by atoms with E-state index >= 15 is 0 Å². The number of fused-ring (bicyclic) bond motifs is 1. The van der Waals surface area contributed by atoms with Crippen LogP contribution in [0, 0.1) is 0 Å². The first-order valence-electron chi connectivity index (χ1n) is 10.5. The average Bonchev–Trinajstić information content (AvgIpc) is 2.85. The van der Waals surface area contributed by atoms with E-state index in [9.17, 15) is 9.59 Å². The topological polar surface area (TPSA) is 114 Å². The first-order chi connectivity index (χ1) is 16.1. The number of benzene rings is 2. The molecule has 0 spiro atoms. The third-order valence-electron chi connectivity index (χ3n) is 4.89. The van der Waals surface area contributed by atoms with Gasteiger partial charge in [0.05, 0.1) is 17.6 Å². The molecule has 0 bridgehead atoms. The van der Waals surface area contributed by atoms with Crippen LogP contribution in [0.3, 0.4) is 0 Å². The van der Waals surface area contributed by atoms with Crippen molar-refractivity contribution in [3.05, 3.63) is 84.2 Å². The molecule has 2 aromatic heterocycles. The van der Waals surface area contributed by atoms with Crippen LogP contribution in [0.5, 0.6) is 5.88 Å². The number of aliphatic carboxylic acids is 1. The van der Waals surface area contributed by atoms with Crippen LogP contribution in [0.4, 0.5) is 0 Å². The minimum absolute atomic E-state index is 0.00291. The van der Waals surface area contributed by atoms with Crippen molar-refractivity contribution in [1.82, 2.24) is 20.3 Å². The Morgan fingerprint density at radius 2 is 1.82 bits per heavy atom. The lowest BCUT2D eigenvalue weighted by atomic mass is 10.1. The zero-order valence-corrected chi connectivity index (χ0v) is 17.8. The number of ether oxygens (including phenoxy) is 1.